The molecule has 2 amide bonds. The Morgan fingerprint density at radius 3 is 2.19 bits per heavy atom. The number of amides is 2. The number of ketones is 1. The van der Waals surface area contributed by atoms with Gasteiger partial charge in [-0.2, -0.15) is 0 Å². The topological polar surface area (TPSA) is 89.3 Å². The Hall–Kier alpha value is -3.73. The van der Waals surface area contributed by atoms with Crippen LogP contribution in [0.15, 0.2) is 78.9 Å². The third-order valence-corrected chi connectivity index (χ3v) is 4.09. The summed E-state index contributed by atoms with van der Waals surface area (Å²) in [7, 11) is 0. The van der Waals surface area contributed by atoms with Gasteiger partial charge >= 0.3 is 0 Å². The number of para-hydroxylation sites is 1. The predicted molar refractivity (Wildman–Crippen MR) is 104 cm³/mol. The Balaban J connectivity index is 1.76. The summed E-state index contributed by atoms with van der Waals surface area (Å²) in [5.41, 5.74) is 7.68. The maximum Gasteiger partial charge on any atom is 0.255 e. The number of carbonyl (C=O) groups is 3. The summed E-state index contributed by atoms with van der Waals surface area (Å²) in [5.74, 6) is -1.02. The number of benzene rings is 3. The van der Waals surface area contributed by atoms with Crippen LogP contribution in [0.4, 0.5) is 5.69 Å². The molecule has 0 unspecified atom stereocenters. The van der Waals surface area contributed by atoms with Crippen molar-refractivity contribution in [2.24, 2.45) is 5.73 Å². The van der Waals surface area contributed by atoms with E-state index in [1.807, 2.05) is 18.2 Å². The first kappa shape index (κ1) is 18.1. The molecule has 134 valence electrons. The van der Waals surface area contributed by atoms with E-state index in [2.05, 4.69) is 5.32 Å². The van der Waals surface area contributed by atoms with E-state index in [1.165, 1.54) is 0 Å². The maximum atomic E-state index is 12.5. The monoisotopic (exact) mass is 358 g/mol. The van der Waals surface area contributed by atoms with E-state index in [0.29, 0.717) is 16.8 Å². The third kappa shape index (κ3) is 4.46. The highest BCUT2D eigenvalue weighted by Gasteiger charge is 2.13. The van der Waals surface area contributed by atoms with E-state index in [9.17, 15) is 14.4 Å². The number of Topliss-reactive ketones (excluding diaryl/α,β-unsaturated/α-hetero) is 1. The smallest absolute Gasteiger partial charge is 0.255 e. The van der Waals surface area contributed by atoms with Crippen LogP contribution >= 0.6 is 0 Å². The van der Waals surface area contributed by atoms with Crippen molar-refractivity contribution in [2.75, 3.05) is 5.32 Å². The molecule has 0 fully saturated rings. The van der Waals surface area contributed by atoms with Crippen LogP contribution in [-0.4, -0.2) is 17.6 Å². The second kappa shape index (κ2) is 8.10. The molecule has 0 aliphatic heterocycles. The number of hydrogen-bond donors (Lipinski definition) is 2. The molecule has 5 nitrogen and oxygen atoms in total. The Labute approximate surface area is 156 Å². The molecule has 0 aliphatic carbocycles. The van der Waals surface area contributed by atoms with E-state index in [1.54, 1.807) is 60.7 Å². The molecule has 3 rings (SSSR count). The largest absolute Gasteiger partial charge is 0.366 e. The molecular weight excluding hydrogens is 340 g/mol. The van der Waals surface area contributed by atoms with Gasteiger partial charge in [0.2, 0.25) is 0 Å². The third-order valence-electron chi connectivity index (χ3n) is 4.09. The zero-order chi connectivity index (χ0) is 19.2. The standard InChI is InChI=1S/C22H18N2O3/c23-21(26)18-11-4-5-12-19(18)24-22(27)17-10-6-7-15(13-17)14-20(25)16-8-2-1-3-9-16/h1-13H,14H2,(H2,23,26)(H,24,27). The summed E-state index contributed by atoms with van der Waals surface area (Å²) >= 11 is 0. The molecule has 0 aliphatic rings. The van der Waals surface area contributed by atoms with Crippen molar-refractivity contribution in [1.82, 2.24) is 0 Å². The number of nitrogens with one attached hydrogen (secondary N) is 1. The summed E-state index contributed by atoms with van der Waals surface area (Å²) in [6.45, 7) is 0. The Kier molecular flexibility index (Phi) is 5.42. The van der Waals surface area contributed by atoms with Crippen LogP contribution < -0.4 is 11.1 Å². The number of primary amides is 1. The fourth-order valence-electron chi connectivity index (χ4n) is 2.74. The lowest BCUT2D eigenvalue weighted by Gasteiger charge is -2.10. The van der Waals surface area contributed by atoms with Crippen molar-refractivity contribution < 1.29 is 14.4 Å². The van der Waals surface area contributed by atoms with Crippen molar-refractivity contribution in [1.29, 1.82) is 0 Å². The van der Waals surface area contributed by atoms with Gasteiger partial charge in [-0.15, -0.1) is 0 Å². The lowest BCUT2D eigenvalue weighted by molar-refractivity contribution is 0.0985. The molecule has 27 heavy (non-hydrogen) atoms. The van der Waals surface area contributed by atoms with E-state index in [4.69, 9.17) is 5.73 Å². The second-order valence-electron chi connectivity index (χ2n) is 6.03. The van der Waals surface area contributed by atoms with Crippen LogP contribution in [0.25, 0.3) is 0 Å². The summed E-state index contributed by atoms with van der Waals surface area (Å²) in [6, 6.07) is 22.4. The van der Waals surface area contributed by atoms with Gasteiger partial charge in [-0.25, -0.2) is 0 Å². The SMILES string of the molecule is NC(=O)c1ccccc1NC(=O)c1cccc(CC(=O)c2ccccc2)c1. The van der Waals surface area contributed by atoms with Gasteiger partial charge in [-0.1, -0.05) is 54.6 Å². The quantitative estimate of drug-likeness (QED) is 0.661. The Bertz CT molecular complexity index is 997. The van der Waals surface area contributed by atoms with Crippen molar-refractivity contribution in [3.63, 3.8) is 0 Å². The van der Waals surface area contributed by atoms with Gasteiger partial charge in [0.15, 0.2) is 5.78 Å². The normalized spacial score (nSPS) is 10.2. The number of hydrogen-bond acceptors (Lipinski definition) is 3. The van der Waals surface area contributed by atoms with E-state index < -0.39 is 5.91 Å². The molecule has 5 heteroatoms. The van der Waals surface area contributed by atoms with Crippen LogP contribution in [-0.2, 0) is 6.42 Å². The summed E-state index contributed by atoms with van der Waals surface area (Å²) in [5, 5.41) is 2.70. The van der Waals surface area contributed by atoms with E-state index in [-0.39, 0.29) is 23.7 Å². The molecular formula is C22H18N2O3. The Morgan fingerprint density at radius 1 is 0.778 bits per heavy atom. The molecule has 0 spiro atoms. The molecule has 0 saturated carbocycles. The van der Waals surface area contributed by atoms with Gasteiger partial charge in [0.05, 0.1) is 11.3 Å². The molecule has 3 N–H and O–H groups in total. The van der Waals surface area contributed by atoms with Crippen LogP contribution in [0.1, 0.15) is 36.6 Å². The zero-order valence-corrected chi connectivity index (χ0v) is 14.5. The van der Waals surface area contributed by atoms with Gasteiger partial charge in [0.1, 0.15) is 0 Å². The minimum atomic E-state index is -0.617. The minimum Gasteiger partial charge on any atom is -0.366 e. The Morgan fingerprint density at radius 2 is 1.44 bits per heavy atom. The van der Waals surface area contributed by atoms with Crippen LogP contribution in [0, 0.1) is 0 Å². The highest BCUT2D eigenvalue weighted by Crippen LogP contribution is 2.17. The molecule has 0 atom stereocenters. The van der Waals surface area contributed by atoms with Gasteiger partial charge in [-0.05, 0) is 29.8 Å². The highest BCUT2D eigenvalue weighted by molar-refractivity contribution is 6.08. The minimum absolute atomic E-state index is 0.0211. The van der Waals surface area contributed by atoms with Crippen molar-refractivity contribution in [2.45, 2.75) is 6.42 Å². The highest BCUT2D eigenvalue weighted by atomic mass is 16.2. The van der Waals surface area contributed by atoms with Crippen molar-refractivity contribution in [3.8, 4) is 0 Å². The summed E-state index contributed by atoms with van der Waals surface area (Å²) in [4.78, 5) is 36.4. The number of rotatable bonds is 6. The zero-order valence-electron chi connectivity index (χ0n) is 14.5. The number of carbonyl (C=O) groups excluding carboxylic acids is 3. The number of nitrogens with two attached hydrogens (primary N) is 1. The van der Waals surface area contributed by atoms with Gasteiger partial charge in [0, 0.05) is 17.5 Å². The molecule has 0 heterocycles. The second-order valence-corrected chi connectivity index (χ2v) is 6.03. The van der Waals surface area contributed by atoms with Gasteiger partial charge in [-0.3, -0.25) is 14.4 Å². The molecule has 0 saturated heterocycles. The molecule has 0 radical (unpaired) electrons. The fraction of sp³-hybridized carbons (Fsp3) is 0.0455. The van der Waals surface area contributed by atoms with Crippen molar-refractivity contribution >= 4 is 23.3 Å². The van der Waals surface area contributed by atoms with E-state index >= 15 is 0 Å². The lowest BCUT2D eigenvalue weighted by atomic mass is 10.0. The average Bonchev–Trinajstić information content (AvgIpc) is 2.69. The molecule has 3 aromatic carbocycles. The first-order valence-corrected chi connectivity index (χ1v) is 8.42. The van der Waals surface area contributed by atoms with Crippen LogP contribution in [0.3, 0.4) is 0 Å². The summed E-state index contributed by atoms with van der Waals surface area (Å²) < 4.78 is 0. The van der Waals surface area contributed by atoms with Crippen molar-refractivity contribution in [3.05, 3.63) is 101 Å². The first-order valence-electron chi connectivity index (χ1n) is 8.42. The lowest BCUT2D eigenvalue weighted by Crippen LogP contribution is -2.18. The van der Waals surface area contributed by atoms with Gasteiger partial charge < -0.3 is 11.1 Å². The average molecular weight is 358 g/mol. The number of anilines is 1. The van der Waals surface area contributed by atoms with Gasteiger partial charge in [0.25, 0.3) is 11.8 Å². The predicted octanol–water partition coefficient (Wildman–Crippen LogP) is 3.46. The van der Waals surface area contributed by atoms with Crippen LogP contribution in [0.2, 0.25) is 0 Å². The fourth-order valence-corrected chi connectivity index (χ4v) is 2.74. The summed E-state index contributed by atoms with van der Waals surface area (Å²) in [6.07, 6.45) is 0.197. The van der Waals surface area contributed by atoms with Crippen LogP contribution in [0.5, 0.6) is 0 Å². The maximum absolute atomic E-state index is 12.5. The molecule has 0 aromatic heterocycles. The molecule has 0 bridgehead atoms. The first-order chi connectivity index (χ1) is 13.0. The van der Waals surface area contributed by atoms with E-state index in [0.717, 1.165) is 5.56 Å². The molecule has 3 aromatic rings.